The lowest BCUT2D eigenvalue weighted by Crippen LogP contribution is -2.49. The highest BCUT2D eigenvalue weighted by Crippen LogP contribution is 2.34. The SMILES string of the molecule is Cc1cc(F)c(N2CCN(c3cccc(C(F)(F)F)c3)CC2)cc1N1CCN(CC2CCCO2)CC1. The number of aryl methyl sites for hydroxylation is 1. The molecule has 1 unspecified atom stereocenters. The maximum absolute atomic E-state index is 15.1. The van der Waals surface area contributed by atoms with E-state index in [0.717, 1.165) is 69.5 Å². The standard InChI is InChI=1S/C27H34F4N4O/c1-20-16-24(28)26(18-25(20)34-9-7-32(8-10-34)19-23-6-3-15-36-23)35-13-11-33(12-14-35)22-5-2-4-21(17-22)27(29,30)31/h2,4-5,16-18,23H,3,6-15,19H2,1H3. The Morgan fingerprint density at radius 3 is 2.19 bits per heavy atom. The summed E-state index contributed by atoms with van der Waals surface area (Å²) in [7, 11) is 0. The predicted octanol–water partition coefficient (Wildman–Crippen LogP) is 4.78. The topological polar surface area (TPSA) is 22.2 Å². The van der Waals surface area contributed by atoms with Crippen molar-refractivity contribution in [3.8, 4) is 0 Å². The van der Waals surface area contributed by atoms with Crippen LogP contribution in [0.1, 0.15) is 24.0 Å². The number of hydrogen-bond donors (Lipinski definition) is 0. The summed E-state index contributed by atoms with van der Waals surface area (Å²) in [6, 6.07) is 9.00. The minimum absolute atomic E-state index is 0.249. The summed E-state index contributed by atoms with van der Waals surface area (Å²) in [5.41, 5.74) is 2.46. The van der Waals surface area contributed by atoms with Crippen molar-refractivity contribution >= 4 is 17.1 Å². The first-order valence-corrected chi connectivity index (χ1v) is 12.8. The molecule has 0 spiro atoms. The third kappa shape index (κ3) is 5.57. The Kier molecular flexibility index (Phi) is 7.30. The fourth-order valence-electron chi connectivity index (χ4n) is 5.57. The number of piperazine rings is 2. The van der Waals surface area contributed by atoms with Crippen LogP contribution >= 0.6 is 0 Å². The molecule has 0 amide bonds. The van der Waals surface area contributed by atoms with Crippen molar-refractivity contribution in [1.29, 1.82) is 0 Å². The Labute approximate surface area is 210 Å². The predicted molar refractivity (Wildman–Crippen MR) is 135 cm³/mol. The van der Waals surface area contributed by atoms with E-state index < -0.39 is 11.7 Å². The number of rotatable bonds is 5. The van der Waals surface area contributed by atoms with E-state index in [1.165, 1.54) is 12.1 Å². The lowest BCUT2D eigenvalue weighted by Gasteiger charge is -2.40. The maximum atomic E-state index is 15.1. The average molecular weight is 507 g/mol. The van der Waals surface area contributed by atoms with Crippen molar-refractivity contribution in [3.63, 3.8) is 0 Å². The van der Waals surface area contributed by atoms with Crippen LogP contribution in [0.4, 0.5) is 34.6 Å². The molecule has 0 bridgehead atoms. The van der Waals surface area contributed by atoms with Crippen LogP contribution in [0.15, 0.2) is 36.4 Å². The van der Waals surface area contributed by atoms with Crippen molar-refractivity contribution in [2.75, 3.05) is 80.2 Å². The quantitative estimate of drug-likeness (QED) is 0.543. The third-order valence-corrected chi connectivity index (χ3v) is 7.62. The van der Waals surface area contributed by atoms with E-state index in [4.69, 9.17) is 4.74 Å². The van der Waals surface area contributed by atoms with Gasteiger partial charge in [-0.3, -0.25) is 4.90 Å². The summed E-state index contributed by atoms with van der Waals surface area (Å²) >= 11 is 0. The summed E-state index contributed by atoms with van der Waals surface area (Å²) in [6.07, 6.45) is -1.72. The van der Waals surface area contributed by atoms with Gasteiger partial charge in [-0.05, 0) is 55.7 Å². The average Bonchev–Trinajstić information content (AvgIpc) is 3.38. The molecule has 5 rings (SSSR count). The highest BCUT2D eigenvalue weighted by molar-refractivity contribution is 5.65. The van der Waals surface area contributed by atoms with Crippen LogP contribution in [0.5, 0.6) is 0 Å². The Morgan fingerprint density at radius 2 is 1.53 bits per heavy atom. The summed E-state index contributed by atoms with van der Waals surface area (Å²) in [5, 5.41) is 0. The van der Waals surface area contributed by atoms with Crippen LogP contribution in [-0.2, 0) is 10.9 Å². The fraction of sp³-hybridized carbons (Fsp3) is 0.556. The van der Waals surface area contributed by atoms with E-state index in [1.54, 1.807) is 12.1 Å². The molecule has 5 nitrogen and oxygen atoms in total. The summed E-state index contributed by atoms with van der Waals surface area (Å²) in [6.45, 7) is 9.67. The molecule has 3 fully saturated rings. The molecule has 1 atom stereocenters. The second-order valence-electron chi connectivity index (χ2n) is 10.0. The molecule has 9 heteroatoms. The van der Waals surface area contributed by atoms with Crippen molar-refractivity contribution in [1.82, 2.24) is 4.90 Å². The number of alkyl halides is 3. The zero-order chi connectivity index (χ0) is 25.3. The Balaban J connectivity index is 1.23. The maximum Gasteiger partial charge on any atom is 0.416 e. The van der Waals surface area contributed by atoms with E-state index >= 15 is 4.39 Å². The van der Waals surface area contributed by atoms with Gasteiger partial charge in [0.2, 0.25) is 0 Å². The molecule has 3 saturated heterocycles. The van der Waals surface area contributed by atoms with E-state index in [9.17, 15) is 13.2 Å². The lowest BCUT2D eigenvalue weighted by atomic mass is 10.1. The number of anilines is 3. The molecule has 0 aromatic heterocycles. The molecule has 0 saturated carbocycles. The molecule has 2 aromatic rings. The van der Waals surface area contributed by atoms with Gasteiger partial charge in [0.05, 0.1) is 17.4 Å². The molecule has 36 heavy (non-hydrogen) atoms. The van der Waals surface area contributed by atoms with Crippen molar-refractivity contribution in [3.05, 3.63) is 53.3 Å². The number of nitrogens with zero attached hydrogens (tertiary/aromatic N) is 4. The minimum atomic E-state index is -4.37. The van der Waals surface area contributed by atoms with Gasteiger partial charge in [0.15, 0.2) is 0 Å². The molecule has 0 radical (unpaired) electrons. The first-order valence-electron chi connectivity index (χ1n) is 12.8. The second-order valence-corrected chi connectivity index (χ2v) is 10.0. The first kappa shape index (κ1) is 25.1. The van der Waals surface area contributed by atoms with Crippen molar-refractivity contribution in [2.45, 2.75) is 32.0 Å². The van der Waals surface area contributed by atoms with Crippen LogP contribution in [-0.4, -0.2) is 76.5 Å². The molecule has 3 aliphatic rings. The molecule has 3 aliphatic heterocycles. The van der Waals surface area contributed by atoms with Gasteiger partial charge in [-0.15, -0.1) is 0 Å². The molecular weight excluding hydrogens is 472 g/mol. The Bertz CT molecular complexity index is 1040. The first-order chi connectivity index (χ1) is 17.3. The Hall–Kier alpha value is -2.52. The molecule has 0 aliphatic carbocycles. The van der Waals surface area contributed by atoms with Gasteiger partial charge in [-0.25, -0.2) is 4.39 Å². The van der Waals surface area contributed by atoms with Gasteiger partial charge in [0.25, 0.3) is 0 Å². The van der Waals surface area contributed by atoms with Gasteiger partial charge in [0, 0.05) is 76.9 Å². The largest absolute Gasteiger partial charge is 0.416 e. The highest BCUT2D eigenvalue weighted by atomic mass is 19.4. The van der Waals surface area contributed by atoms with E-state index in [2.05, 4.69) is 9.80 Å². The summed E-state index contributed by atoms with van der Waals surface area (Å²) < 4.78 is 60.2. The molecule has 196 valence electrons. The molecule has 0 N–H and O–H groups in total. The van der Waals surface area contributed by atoms with Gasteiger partial charge >= 0.3 is 6.18 Å². The molecular formula is C27H34F4N4O. The summed E-state index contributed by atoms with van der Waals surface area (Å²) in [4.78, 5) is 8.74. The van der Waals surface area contributed by atoms with Gasteiger partial charge < -0.3 is 19.4 Å². The van der Waals surface area contributed by atoms with Crippen LogP contribution in [0, 0.1) is 12.7 Å². The van der Waals surface area contributed by atoms with Crippen LogP contribution in [0.25, 0.3) is 0 Å². The Morgan fingerprint density at radius 1 is 0.861 bits per heavy atom. The monoisotopic (exact) mass is 506 g/mol. The van der Waals surface area contributed by atoms with Crippen molar-refractivity contribution in [2.24, 2.45) is 0 Å². The molecule has 2 aromatic carbocycles. The number of benzene rings is 2. The van der Waals surface area contributed by atoms with Crippen LogP contribution in [0.3, 0.4) is 0 Å². The smallest absolute Gasteiger partial charge is 0.377 e. The second kappa shape index (κ2) is 10.5. The van der Waals surface area contributed by atoms with Crippen LogP contribution in [0.2, 0.25) is 0 Å². The van der Waals surface area contributed by atoms with E-state index in [1.807, 2.05) is 22.8 Å². The normalized spacial score (nSPS) is 21.9. The van der Waals surface area contributed by atoms with Gasteiger partial charge in [0.1, 0.15) is 5.82 Å². The summed E-state index contributed by atoms with van der Waals surface area (Å²) in [5.74, 6) is -0.249. The van der Waals surface area contributed by atoms with Crippen molar-refractivity contribution < 1.29 is 22.3 Å². The fourth-order valence-corrected chi connectivity index (χ4v) is 5.57. The number of halogens is 4. The van der Waals surface area contributed by atoms with Gasteiger partial charge in [-0.1, -0.05) is 6.07 Å². The van der Waals surface area contributed by atoms with E-state index in [-0.39, 0.29) is 5.82 Å². The zero-order valence-electron chi connectivity index (χ0n) is 20.7. The zero-order valence-corrected chi connectivity index (χ0v) is 20.7. The van der Waals surface area contributed by atoms with Crippen LogP contribution < -0.4 is 14.7 Å². The minimum Gasteiger partial charge on any atom is -0.377 e. The van der Waals surface area contributed by atoms with E-state index in [0.29, 0.717) is 43.7 Å². The molecule has 3 heterocycles. The lowest BCUT2D eigenvalue weighted by molar-refractivity contribution is -0.137. The number of hydrogen-bond acceptors (Lipinski definition) is 5. The highest BCUT2D eigenvalue weighted by Gasteiger charge is 2.31. The number of ether oxygens (including phenoxy) is 1. The third-order valence-electron chi connectivity index (χ3n) is 7.62. The van der Waals surface area contributed by atoms with Gasteiger partial charge in [-0.2, -0.15) is 13.2 Å².